The normalized spacial score (nSPS) is 22.5. The molecule has 42 heavy (non-hydrogen) atoms. The Morgan fingerprint density at radius 1 is 1.10 bits per heavy atom. The van der Waals surface area contributed by atoms with Crippen molar-refractivity contribution in [3.05, 3.63) is 99.8 Å². The first-order valence-electron chi connectivity index (χ1n) is 13.7. The molecule has 3 aromatic rings. The number of benzene rings is 2. The average molecular weight is 633 g/mol. The van der Waals surface area contributed by atoms with Crippen LogP contribution in [0.5, 0.6) is 0 Å². The van der Waals surface area contributed by atoms with E-state index in [0.29, 0.717) is 46.1 Å². The Kier molecular flexibility index (Phi) is 8.91. The van der Waals surface area contributed by atoms with E-state index in [1.807, 2.05) is 6.92 Å². The number of carbonyl (C=O) groups is 2. The minimum atomic E-state index is -3.87. The molecule has 2 aromatic carbocycles. The third-order valence-corrected chi connectivity index (χ3v) is 10.6. The Morgan fingerprint density at radius 2 is 1.83 bits per heavy atom. The second-order valence-corrected chi connectivity index (χ2v) is 13.5. The topological polar surface area (TPSA) is 126 Å². The first kappa shape index (κ1) is 30.4. The number of carboxylic acids is 1. The SMILES string of the molecule is CC[C@@H](CNS(=O)(=O)C1(c2ccccn2)CC1)N1C(=O)[C@@H](CC(=O)O)O[C@H](c2cccc(Cl)c2)[C@H]1c1ccc(Cl)cc1. The van der Waals surface area contributed by atoms with Crippen LogP contribution in [0.25, 0.3) is 0 Å². The van der Waals surface area contributed by atoms with Crippen LogP contribution in [0.2, 0.25) is 10.0 Å². The fourth-order valence-electron chi connectivity index (χ4n) is 5.59. The monoisotopic (exact) mass is 631 g/mol. The van der Waals surface area contributed by atoms with Gasteiger partial charge in [-0.05, 0) is 66.8 Å². The van der Waals surface area contributed by atoms with Crippen molar-refractivity contribution in [1.82, 2.24) is 14.6 Å². The van der Waals surface area contributed by atoms with Gasteiger partial charge in [-0.3, -0.25) is 14.6 Å². The molecule has 2 aliphatic rings. The van der Waals surface area contributed by atoms with Crippen LogP contribution >= 0.6 is 23.2 Å². The van der Waals surface area contributed by atoms with Crippen molar-refractivity contribution < 1.29 is 27.9 Å². The molecule has 1 amide bonds. The molecule has 0 spiro atoms. The number of morpholine rings is 1. The zero-order valence-electron chi connectivity index (χ0n) is 22.8. The van der Waals surface area contributed by atoms with Gasteiger partial charge in [0.05, 0.1) is 18.2 Å². The highest BCUT2D eigenvalue weighted by Gasteiger charge is 2.57. The van der Waals surface area contributed by atoms with Crippen molar-refractivity contribution in [2.75, 3.05) is 6.54 Å². The molecule has 0 unspecified atom stereocenters. The minimum Gasteiger partial charge on any atom is -0.481 e. The molecule has 1 aliphatic heterocycles. The number of hydrogen-bond acceptors (Lipinski definition) is 6. The van der Waals surface area contributed by atoms with Gasteiger partial charge < -0.3 is 14.7 Å². The van der Waals surface area contributed by atoms with E-state index in [1.165, 1.54) is 0 Å². The van der Waals surface area contributed by atoms with Crippen molar-refractivity contribution in [3.8, 4) is 0 Å². The Labute approximate surface area is 254 Å². The van der Waals surface area contributed by atoms with Gasteiger partial charge in [-0.25, -0.2) is 13.1 Å². The van der Waals surface area contributed by atoms with Gasteiger partial charge in [-0.2, -0.15) is 0 Å². The molecule has 1 saturated heterocycles. The summed E-state index contributed by atoms with van der Waals surface area (Å²) in [4.78, 5) is 31.7. The second-order valence-electron chi connectivity index (χ2n) is 10.6. The smallest absolute Gasteiger partial charge is 0.306 e. The van der Waals surface area contributed by atoms with Crippen LogP contribution in [0.4, 0.5) is 0 Å². The largest absolute Gasteiger partial charge is 0.481 e. The van der Waals surface area contributed by atoms with Gasteiger partial charge in [0, 0.05) is 28.8 Å². The molecule has 1 saturated carbocycles. The number of aromatic nitrogens is 1. The molecule has 1 aromatic heterocycles. The summed E-state index contributed by atoms with van der Waals surface area (Å²) < 4.78 is 35.2. The number of sulfonamides is 1. The zero-order chi connectivity index (χ0) is 30.1. The fraction of sp³-hybridized carbons (Fsp3) is 0.367. The summed E-state index contributed by atoms with van der Waals surface area (Å²) in [6.45, 7) is 1.78. The molecule has 222 valence electrons. The Bertz CT molecular complexity index is 1550. The highest BCUT2D eigenvalue weighted by molar-refractivity contribution is 7.90. The maximum absolute atomic E-state index is 14.0. The number of carboxylic acid groups (broad SMARTS) is 1. The molecule has 2 heterocycles. The van der Waals surface area contributed by atoms with Crippen molar-refractivity contribution in [3.63, 3.8) is 0 Å². The molecule has 4 atom stereocenters. The summed E-state index contributed by atoms with van der Waals surface area (Å²) in [5.41, 5.74) is 1.83. The predicted molar refractivity (Wildman–Crippen MR) is 159 cm³/mol. The lowest BCUT2D eigenvalue weighted by Gasteiger charge is -2.48. The van der Waals surface area contributed by atoms with Crippen LogP contribution in [0.3, 0.4) is 0 Å². The van der Waals surface area contributed by atoms with Gasteiger partial charge in [0.15, 0.2) is 0 Å². The summed E-state index contributed by atoms with van der Waals surface area (Å²) in [5.74, 6) is -1.73. The van der Waals surface area contributed by atoms with Crippen LogP contribution in [0, 0.1) is 0 Å². The van der Waals surface area contributed by atoms with Crippen LogP contribution in [-0.4, -0.2) is 54.0 Å². The Hall–Kier alpha value is -3.02. The molecule has 0 radical (unpaired) electrons. The standard InChI is InChI=1S/C30H31Cl2N3O6S/c1-2-23(18-34-42(39,40)30(13-14-30)25-8-3-4-15-33-25)35-27(19-9-11-21(31)12-10-19)28(20-6-5-7-22(32)16-20)41-24(29(35)38)17-26(36)37/h3-12,15-16,23-24,27-28,34H,2,13-14,17-18H2,1H3,(H,36,37)/t23-,24+,27+,28+/m0/s1. The van der Waals surface area contributed by atoms with Gasteiger partial charge in [0.25, 0.3) is 5.91 Å². The second kappa shape index (κ2) is 12.3. The van der Waals surface area contributed by atoms with Crippen molar-refractivity contribution in [2.24, 2.45) is 0 Å². The van der Waals surface area contributed by atoms with Crippen LogP contribution in [0.15, 0.2) is 72.9 Å². The third-order valence-electron chi connectivity index (χ3n) is 7.90. The van der Waals surface area contributed by atoms with E-state index in [1.54, 1.807) is 77.8 Å². The molecule has 9 nitrogen and oxygen atoms in total. The lowest BCUT2D eigenvalue weighted by atomic mass is 9.89. The van der Waals surface area contributed by atoms with Gasteiger partial charge in [-0.15, -0.1) is 0 Å². The molecule has 2 fully saturated rings. The van der Waals surface area contributed by atoms with E-state index in [9.17, 15) is 23.1 Å². The van der Waals surface area contributed by atoms with Crippen molar-refractivity contribution in [1.29, 1.82) is 0 Å². The highest BCUT2D eigenvalue weighted by atomic mass is 35.5. The van der Waals surface area contributed by atoms with Crippen LogP contribution in [-0.2, 0) is 29.1 Å². The number of aliphatic carboxylic acids is 1. The highest BCUT2D eigenvalue weighted by Crippen LogP contribution is 2.51. The number of hydrogen-bond donors (Lipinski definition) is 2. The molecule has 5 rings (SSSR count). The number of carbonyl (C=O) groups excluding carboxylic acids is 1. The first-order chi connectivity index (χ1) is 20.1. The van der Waals surface area contributed by atoms with E-state index < -0.39 is 57.4 Å². The lowest BCUT2D eigenvalue weighted by molar-refractivity contribution is -0.183. The van der Waals surface area contributed by atoms with Gasteiger partial charge in [0.2, 0.25) is 10.0 Å². The number of halogens is 2. The van der Waals surface area contributed by atoms with Crippen LogP contribution < -0.4 is 4.72 Å². The fourth-order valence-corrected chi connectivity index (χ4v) is 7.64. The minimum absolute atomic E-state index is 0.0781. The van der Waals surface area contributed by atoms with E-state index in [4.69, 9.17) is 27.9 Å². The molecule has 0 bridgehead atoms. The number of nitrogens with one attached hydrogen (secondary N) is 1. The predicted octanol–water partition coefficient (Wildman–Crippen LogP) is 5.26. The molecular weight excluding hydrogens is 601 g/mol. The third kappa shape index (κ3) is 6.05. The maximum atomic E-state index is 14.0. The van der Waals surface area contributed by atoms with Gasteiger partial charge in [0.1, 0.15) is 17.0 Å². The van der Waals surface area contributed by atoms with Crippen molar-refractivity contribution >= 4 is 45.1 Å². The Balaban J connectivity index is 1.53. The first-order valence-corrected chi connectivity index (χ1v) is 15.9. The molecule has 1 aliphatic carbocycles. The van der Waals surface area contributed by atoms with Crippen molar-refractivity contribution in [2.45, 2.75) is 61.6 Å². The quantitative estimate of drug-likeness (QED) is 0.296. The van der Waals surface area contributed by atoms with E-state index in [-0.39, 0.29) is 6.54 Å². The number of pyridine rings is 1. The summed E-state index contributed by atoms with van der Waals surface area (Å²) in [6.07, 6.45) is 0.211. The van der Waals surface area contributed by atoms with E-state index >= 15 is 0 Å². The zero-order valence-corrected chi connectivity index (χ0v) is 25.1. The number of ether oxygens (including phenoxy) is 1. The van der Waals surface area contributed by atoms with Gasteiger partial charge in [-0.1, -0.05) is 60.5 Å². The van der Waals surface area contributed by atoms with Crippen LogP contribution in [0.1, 0.15) is 61.6 Å². The summed E-state index contributed by atoms with van der Waals surface area (Å²) in [7, 11) is -3.87. The lowest BCUT2D eigenvalue weighted by Crippen LogP contribution is -2.57. The number of nitrogens with zero attached hydrogens (tertiary/aromatic N) is 2. The van der Waals surface area contributed by atoms with E-state index in [0.717, 1.165) is 0 Å². The Morgan fingerprint density at radius 3 is 2.43 bits per heavy atom. The number of amides is 1. The van der Waals surface area contributed by atoms with Gasteiger partial charge >= 0.3 is 5.97 Å². The summed E-state index contributed by atoms with van der Waals surface area (Å²) >= 11 is 12.5. The molecule has 12 heteroatoms. The van der Waals surface area contributed by atoms with E-state index in [2.05, 4.69) is 9.71 Å². The summed E-state index contributed by atoms with van der Waals surface area (Å²) in [5, 5.41) is 10.6. The maximum Gasteiger partial charge on any atom is 0.306 e. The number of rotatable bonds is 11. The summed E-state index contributed by atoms with van der Waals surface area (Å²) in [6, 6.07) is 17.8. The average Bonchev–Trinajstić information content (AvgIpc) is 3.79. The molecular formula is C30H31Cl2N3O6S. The molecule has 2 N–H and O–H groups in total.